The van der Waals surface area contributed by atoms with Crippen LogP contribution < -0.4 is 0 Å². The molecule has 2 aromatic rings. The molecule has 1 N–H and O–H groups in total. The van der Waals surface area contributed by atoms with Crippen LogP contribution in [0.4, 0.5) is 0 Å². The molecule has 7 nitrogen and oxygen atoms in total. The number of piperazine rings is 1. The molecular formula is C20H23N3O4S. The van der Waals surface area contributed by atoms with Crippen molar-refractivity contribution in [3.8, 4) is 0 Å². The van der Waals surface area contributed by atoms with Gasteiger partial charge in [0, 0.05) is 31.1 Å². The Morgan fingerprint density at radius 2 is 2.07 bits per heavy atom. The van der Waals surface area contributed by atoms with Gasteiger partial charge in [0.15, 0.2) is 0 Å². The van der Waals surface area contributed by atoms with Gasteiger partial charge in [-0.05, 0) is 36.9 Å². The highest BCUT2D eigenvalue weighted by Crippen LogP contribution is 2.41. The van der Waals surface area contributed by atoms with E-state index in [4.69, 9.17) is 4.42 Å². The highest BCUT2D eigenvalue weighted by Gasteiger charge is 2.64. The van der Waals surface area contributed by atoms with Crippen molar-refractivity contribution in [2.24, 2.45) is 0 Å². The highest BCUT2D eigenvalue weighted by molar-refractivity contribution is 7.09. The van der Waals surface area contributed by atoms with Crippen LogP contribution in [-0.2, 0) is 22.7 Å². The molecule has 2 aromatic heterocycles. The topological polar surface area (TPSA) is 77.2 Å². The molecule has 0 saturated carbocycles. The maximum absolute atomic E-state index is 13.5. The van der Waals surface area contributed by atoms with E-state index >= 15 is 0 Å². The van der Waals surface area contributed by atoms with Crippen LogP contribution in [0.15, 0.2) is 34.1 Å². The molecule has 1 spiro atoms. The van der Waals surface area contributed by atoms with E-state index in [0.29, 0.717) is 31.8 Å². The summed E-state index contributed by atoms with van der Waals surface area (Å²) < 4.78 is 5.61. The molecule has 0 aliphatic carbocycles. The molecule has 3 aliphatic heterocycles. The van der Waals surface area contributed by atoms with Crippen molar-refractivity contribution in [3.05, 3.63) is 46.0 Å². The van der Waals surface area contributed by atoms with Crippen molar-refractivity contribution >= 4 is 23.2 Å². The lowest BCUT2D eigenvalue weighted by atomic mass is 9.82. The number of carbonyl (C=O) groups is 2. The zero-order valence-electron chi connectivity index (χ0n) is 15.7. The molecule has 0 bridgehead atoms. The Bertz CT molecular complexity index is 902. The number of aryl methyl sites for hydroxylation is 1. The average molecular weight is 401 g/mol. The molecule has 8 heteroatoms. The molecule has 5 heterocycles. The number of carbonyl (C=O) groups excluding carboxylic acids is 2. The number of fused-ring (bicyclic) bond motifs is 2. The van der Waals surface area contributed by atoms with Crippen molar-refractivity contribution < 1.29 is 19.1 Å². The summed E-state index contributed by atoms with van der Waals surface area (Å²) in [7, 11) is 0. The average Bonchev–Trinajstić information content (AvgIpc) is 3.35. The van der Waals surface area contributed by atoms with Gasteiger partial charge in [0.05, 0.1) is 18.7 Å². The van der Waals surface area contributed by atoms with Crippen molar-refractivity contribution in [3.63, 3.8) is 0 Å². The van der Waals surface area contributed by atoms with Gasteiger partial charge in [0.2, 0.25) is 5.91 Å². The molecular weight excluding hydrogens is 378 g/mol. The van der Waals surface area contributed by atoms with Gasteiger partial charge in [0.25, 0.3) is 5.91 Å². The van der Waals surface area contributed by atoms with E-state index in [1.165, 1.54) is 9.78 Å². The summed E-state index contributed by atoms with van der Waals surface area (Å²) in [4.78, 5) is 33.3. The normalized spacial score (nSPS) is 27.4. The molecule has 148 valence electrons. The fraction of sp³-hybridized carbons (Fsp3) is 0.500. The third-order valence-corrected chi connectivity index (χ3v) is 6.92. The van der Waals surface area contributed by atoms with E-state index in [1.54, 1.807) is 11.3 Å². The Balaban J connectivity index is 1.40. The number of furan rings is 1. The summed E-state index contributed by atoms with van der Waals surface area (Å²) in [5.41, 5.74) is -0.727. The molecule has 2 amide bonds. The summed E-state index contributed by atoms with van der Waals surface area (Å²) in [6.45, 7) is 4.33. The first-order valence-corrected chi connectivity index (χ1v) is 10.4. The number of imide groups is 1. The summed E-state index contributed by atoms with van der Waals surface area (Å²) >= 11 is 1.70. The van der Waals surface area contributed by atoms with E-state index in [2.05, 4.69) is 16.3 Å². The fourth-order valence-electron chi connectivity index (χ4n) is 4.80. The summed E-state index contributed by atoms with van der Waals surface area (Å²) in [6, 6.07) is 7.33. The molecule has 0 radical (unpaired) electrons. The SMILES string of the molecule is Cc1ccc(CN2C(=O)C3CC(O)CN3C3(CN(Cc4cccs4)C3)C2=O)o1. The Hall–Kier alpha value is -2.00. The monoisotopic (exact) mass is 401 g/mol. The number of aliphatic hydroxyl groups excluding tert-OH is 1. The first kappa shape index (κ1) is 18.1. The minimum absolute atomic E-state index is 0.151. The maximum atomic E-state index is 13.5. The van der Waals surface area contributed by atoms with Crippen LogP contribution in [0.2, 0.25) is 0 Å². The van der Waals surface area contributed by atoms with Crippen LogP contribution in [0, 0.1) is 6.92 Å². The summed E-state index contributed by atoms with van der Waals surface area (Å²) in [6.07, 6.45) is -0.192. The fourth-order valence-corrected chi connectivity index (χ4v) is 5.54. The van der Waals surface area contributed by atoms with E-state index in [-0.39, 0.29) is 18.4 Å². The molecule has 2 unspecified atom stereocenters. The van der Waals surface area contributed by atoms with Crippen LogP contribution in [0.5, 0.6) is 0 Å². The lowest BCUT2D eigenvalue weighted by molar-refractivity contribution is -0.181. The van der Waals surface area contributed by atoms with Crippen LogP contribution in [0.3, 0.4) is 0 Å². The van der Waals surface area contributed by atoms with Gasteiger partial charge in [-0.2, -0.15) is 0 Å². The smallest absolute Gasteiger partial charge is 0.252 e. The summed E-state index contributed by atoms with van der Waals surface area (Å²) in [5.74, 6) is 0.971. The Morgan fingerprint density at radius 3 is 2.75 bits per heavy atom. The number of amides is 2. The Kier molecular flexibility index (Phi) is 4.20. The number of hydrogen-bond donors (Lipinski definition) is 1. The van der Waals surface area contributed by atoms with Gasteiger partial charge in [-0.3, -0.25) is 24.3 Å². The van der Waals surface area contributed by atoms with E-state index < -0.39 is 17.7 Å². The predicted octanol–water partition coefficient (Wildman–Crippen LogP) is 1.21. The van der Waals surface area contributed by atoms with Gasteiger partial charge in [-0.15, -0.1) is 11.3 Å². The lowest BCUT2D eigenvalue weighted by Gasteiger charge is -2.58. The van der Waals surface area contributed by atoms with Crippen molar-refractivity contribution in [1.82, 2.24) is 14.7 Å². The number of nitrogens with zero attached hydrogens (tertiary/aromatic N) is 3. The number of rotatable bonds is 4. The zero-order valence-corrected chi connectivity index (χ0v) is 16.5. The summed E-state index contributed by atoms with van der Waals surface area (Å²) in [5, 5.41) is 12.3. The largest absolute Gasteiger partial charge is 0.464 e. The third-order valence-electron chi connectivity index (χ3n) is 6.06. The van der Waals surface area contributed by atoms with Gasteiger partial charge in [-0.1, -0.05) is 6.07 Å². The molecule has 2 atom stereocenters. The maximum Gasteiger partial charge on any atom is 0.252 e. The molecule has 3 aliphatic rings. The standard InChI is InChI=1S/C20H23N3O4S/c1-13-4-5-15(27-13)9-22-18(25)17-7-14(24)8-23(17)20(19(22)26)11-21(12-20)10-16-3-2-6-28-16/h2-6,14,17,24H,7-12H2,1H3. The molecule has 28 heavy (non-hydrogen) atoms. The Labute approximate surface area is 167 Å². The zero-order chi connectivity index (χ0) is 19.5. The second-order valence-corrected chi connectivity index (χ2v) is 9.09. The molecule has 3 saturated heterocycles. The number of likely N-dealkylation sites (tertiary alicyclic amines) is 1. The second kappa shape index (κ2) is 6.52. The number of β-amino-alcohol motifs (C(OH)–C–C–N with tert-alkyl or cyclic N) is 1. The predicted molar refractivity (Wildman–Crippen MR) is 102 cm³/mol. The van der Waals surface area contributed by atoms with Crippen LogP contribution in [0.1, 0.15) is 22.8 Å². The number of aliphatic hydroxyl groups is 1. The Morgan fingerprint density at radius 1 is 1.25 bits per heavy atom. The van der Waals surface area contributed by atoms with Crippen LogP contribution in [-0.4, -0.2) is 68.9 Å². The lowest BCUT2D eigenvalue weighted by Crippen LogP contribution is -2.81. The minimum atomic E-state index is -0.727. The van der Waals surface area contributed by atoms with Crippen LogP contribution in [0.25, 0.3) is 0 Å². The molecule has 0 aromatic carbocycles. The van der Waals surface area contributed by atoms with Crippen molar-refractivity contribution in [2.45, 2.75) is 44.1 Å². The van der Waals surface area contributed by atoms with Gasteiger partial charge in [0.1, 0.15) is 17.1 Å². The van der Waals surface area contributed by atoms with Gasteiger partial charge in [-0.25, -0.2) is 0 Å². The molecule has 5 rings (SSSR count). The first-order valence-electron chi connectivity index (χ1n) is 9.57. The number of hydrogen-bond acceptors (Lipinski definition) is 7. The highest BCUT2D eigenvalue weighted by atomic mass is 32.1. The quantitative estimate of drug-likeness (QED) is 0.776. The minimum Gasteiger partial charge on any atom is -0.464 e. The van der Waals surface area contributed by atoms with E-state index in [1.807, 2.05) is 30.0 Å². The van der Waals surface area contributed by atoms with Crippen molar-refractivity contribution in [2.75, 3.05) is 19.6 Å². The van der Waals surface area contributed by atoms with Gasteiger partial charge < -0.3 is 9.52 Å². The van der Waals surface area contributed by atoms with E-state index in [0.717, 1.165) is 12.3 Å². The third kappa shape index (κ3) is 2.75. The van der Waals surface area contributed by atoms with Gasteiger partial charge >= 0.3 is 0 Å². The number of thiophene rings is 1. The van der Waals surface area contributed by atoms with Crippen LogP contribution >= 0.6 is 11.3 Å². The van der Waals surface area contributed by atoms with E-state index in [9.17, 15) is 14.7 Å². The molecule has 3 fully saturated rings. The second-order valence-electron chi connectivity index (χ2n) is 8.06. The van der Waals surface area contributed by atoms with Crippen molar-refractivity contribution in [1.29, 1.82) is 0 Å². The first-order chi connectivity index (χ1) is 13.5.